The number of nitrogens with one attached hydrogen (secondary N) is 3. The quantitative estimate of drug-likeness (QED) is 0.277. The zero-order chi connectivity index (χ0) is 26.9. The minimum atomic E-state index is -0.875. The van der Waals surface area contributed by atoms with E-state index in [1.807, 2.05) is 0 Å². The van der Waals surface area contributed by atoms with Crippen LogP contribution in [-0.2, 0) is 20.9 Å². The van der Waals surface area contributed by atoms with Gasteiger partial charge >= 0.3 is 6.09 Å². The number of carbonyl (C=O) groups is 3. The van der Waals surface area contributed by atoms with Gasteiger partial charge in [0, 0.05) is 31.6 Å². The molecule has 0 fully saturated rings. The second kappa shape index (κ2) is 12.9. The van der Waals surface area contributed by atoms with Crippen molar-refractivity contribution in [3.8, 4) is 0 Å². The lowest BCUT2D eigenvalue weighted by atomic mass is 10.2. The molecule has 196 valence electrons. The molecule has 0 radical (unpaired) electrons. The Kier molecular flexibility index (Phi) is 9.66. The first-order valence-corrected chi connectivity index (χ1v) is 11.5. The van der Waals surface area contributed by atoms with E-state index in [2.05, 4.69) is 21.0 Å². The van der Waals surface area contributed by atoms with Gasteiger partial charge in [-0.15, -0.1) is 0 Å². The molecule has 0 saturated heterocycles. The van der Waals surface area contributed by atoms with E-state index in [0.29, 0.717) is 16.3 Å². The summed E-state index contributed by atoms with van der Waals surface area (Å²) < 4.78 is 32.6. The summed E-state index contributed by atoms with van der Waals surface area (Å²) in [5.74, 6) is -1.98. The molecule has 0 saturated carbocycles. The van der Waals surface area contributed by atoms with Crippen LogP contribution in [0.25, 0.3) is 10.8 Å². The number of primary amides is 1. The van der Waals surface area contributed by atoms with Crippen molar-refractivity contribution in [2.45, 2.75) is 19.5 Å². The van der Waals surface area contributed by atoms with Crippen molar-refractivity contribution in [1.82, 2.24) is 20.7 Å². The maximum Gasteiger partial charge on any atom is 0.412 e. The Morgan fingerprint density at radius 1 is 1.16 bits per heavy atom. The predicted molar refractivity (Wildman–Crippen MR) is 133 cm³/mol. The highest BCUT2D eigenvalue weighted by atomic mass is 35.5. The Balaban J connectivity index is 1.68. The molecule has 3 aromatic rings. The maximum atomic E-state index is 13.8. The summed E-state index contributed by atoms with van der Waals surface area (Å²) in [7, 11) is 0. The number of pyridine rings is 1. The van der Waals surface area contributed by atoms with Crippen molar-refractivity contribution >= 4 is 46.1 Å². The van der Waals surface area contributed by atoms with Gasteiger partial charge in [-0.05, 0) is 41.3 Å². The van der Waals surface area contributed by atoms with E-state index < -0.39 is 35.6 Å². The summed E-state index contributed by atoms with van der Waals surface area (Å²) in [5.41, 5.74) is 8.42. The lowest BCUT2D eigenvalue weighted by Gasteiger charge is -2.31. The van der Waals surface area contributed by atoms with E-state index in [0.717, 1.165) is 0 Å². The summed E-state index contributed by atoms with van der Waals surface area (Å²) in [4.78, 5) is 40.0. The number of nitrogens with two attached hydrogens (primary N) is 1. The van der Waals surface area contributed by atoms with Crippen molar-refractivity contribution in [3.05, 3.63) is 70.9 Å². The van der Waals surface area contributed by atoms with E-state index >= 15 is 0 Å². The first kappa shape index (κ1) is 27.7. The molecule has 13 heteroatoms. The van der Waals surface area contributed by atoms with Crippen LogP contribution in [0, 0.1) is 11.6 Å². The average Bonchev–Trinajstić information content (AvgIpc) is 2.84. The number of nitrogens with zero attached hydrogens (tertiary/aromatic N) is 2. The summed E-state index contributed by atoms with van der Waals surface area (Å²) in [5, 5.41) is 7.53. The van der Waals surface area contributed by atoms with E-state index in [4.69, 9.17) is 22.1 Å². The minimum absolute atomic E-state index is 0.00768. The maximum absolute atomic E-state index is 13.8. The zero-order valence-electron chi connectivity index (χ0n) is 19.8. The monoisotopic (exact) mass is 534 g/mol. The third kappa shape index (κ3) is 8.07. The molecular formula is C24H25ClF2N6O4. The Hall–Kier alpha value is -3.87. The van der Waals surface area contributed by atoms with Gasteiger partial charge in [-0.1, -0.05) is 23.7 Å². The third-order valence-electron chi connectivity index (χ3n) is 5.18. The molecule has 3 rings (SSSR count). The smallest absolute Gasteiger partial charge is 0.412 e. The molecule has 3 amide bonds. The molecule has 0 aliphatic rings. The van der Waals surface area contributed by atoms with Crippen LogP contribution in [0.3, 0.4) is 0 Å². The highest BCUT2D eigenvalue weighted by Gasteiger charge is 2.24. The fourth-order valence-corrected chi connectivity index (χ4v) is 3.63. The number of fused-ring (bicyclic) bond motifs is 1. The largest absolute Gasteiger partial charge is 0.447 e. The van der Waals surface area contributed by atoms with Gasteiger partial charge < -0.3 is 15.8 Å². The first-order valence-electron chi connectivity index (χ1n) is 11.1. The van der Waals surface area contributed by atoms with Gasteiger partial charge in [-0.25, -0.2) is 24.0 Å². The number of hydrogen-bond acceptors (Lipinski definition) is 7. The molecule has 0 aliphatic carbocycles. The second-order valence-electron chi connectivity index (χ2n) is 7.97. The second-order valence-corrected chi connectivity index (χ2v) is 8.35. The van der Waals surface area contributed by atoms with E-state index in [9.17, 15) is 23.2 Å². The molecule has 5 N–H and O–H groups in total. The zero-order valence-corrected chi connectivity index (χ0v) is 20.5. The number of hydrazine groups is 1. The number of rotatable bonds is 11. The van der Waals surface area contributed by atoms with Gasteiger partial charge in [-0.3, -0.25) is 19.9 Å². The van der Waals surface area contributed by atoms with Crippen LogP contribution in [0.15, 0.2) is 48.7 Å². The number of aromatic nitrogens is 1. The normalized spacial score (nSPS) is 11.7. The molecule has 0 spiro atoms. The van der Waals surface area contributed by atoms with Crippen molar-refractivity contribution in [1.29, 1.82) is 0 Å². The Morgan fingerprint density at radius 2 is 1.95 bits per heavy atom. The number of benzene rings is 2. The molecule has 10 nitrogen and oxygen atoms in total. The van der Waals surface area contributed by atoms with Crippen molar-refractivity contribution in [2.75, 3.05) is 25.0 Å². The average molecular weight is 535 g/mol. The van der Waals surface area contributed by atoms with Crippen LogP contribution < -0.4 is 21.8 Å². The standard InChI is InChI=1S/C24H25ClF2N6O4/c1-14(34)33(31-10-16-3-2-4-20(27)23(16)25)19(11-29-12-21(28)35)13-37-24(36)32-22-8-17-7-18(26)6-5-15(17)9-30-22/h2-9,19,29,31H,10-13H2,1H3,(H2,28,35)(H,30,32,36)/t19-/m0/s1. The van der Waals surface area contributed by atoms with Gasteiger partial charge in [0.25, 0.3) is 0 Å². The topological polar surface area (TPSA) is 139 Å². The first-order chi connectivity index (χ1) is 17.6. The highest BCUT2D eigenvalue weighted by Crippen LogP contribution is 2.20. The van der Waals surface area contributed by atoms with Crippen molar-refractivity contribution in [2.24, 2.45) is 5.73 Å². The van der Waals surface area contributed by atoms with Gasteiger partial charge in [0.2, 0.25) is 11.8 Å². The molecule has 1 aromatic heterocycles. The van der Waals surface area contributed by atoms with Gasteiger partial charge in [0.15, 0.2) is 0 Å². The van der Waals surface area contributed by atoms with Crippen LogP contribution in [0.2, 0.25) is 5.02 Å². The molecule has 2 aromatic carbocycles. The lowest BCUT2D eigenvalue weighted by Crippen LogP contribution is -2.54. The van der Waals surface area contributed by atoms with Crippen LogP contribution in [0.5, 0.6) is 0 Å². The number of amides is 3. The van der Waals surface area contributed by atoms with E-state index in [1.165, 1.54) is 48.5 Å². The number of halogens is 3. The number of hydrogen-bond donors (Lipinski definition) is 4. The third-order valence-corrected chi connectivity index (χ3v) is 5.60. The van der Waals surface area contributed by atoms with Crippen LogP contribution in [0.4, 0.5) is 19.4 Å². The molecule has 1 heterocycles. The lowest BCUT2D eigenvalue weighted by molar-refractivity contribution is -0.136. The SMILES string of the molecule is CC(=O)N(NCc1cccc(F)c1Cl)[C@@H](CNCC(N)=O)COC(=O)Nc1cc2cc(F)ccc2cn1. The minimum Gasteiger partial charge on any atom is -0.447 e. The van der Waals surface area contributed by atoms with Gasteiger partial charge in [-0.2, -0.15) is 0 Å². The Bertz CT molecular complexity index is 1300. The fraction of sp³-hybridized carbons (Fsp3) is 0.250. The van der Waals surface area contributed by atoms with Crippen LogP contribution >= 0.6 is 11.6 Å². The predicted octanol–water partition coefficient (Wildman–Crippen LogP) is 2.71. The number of ether oxygens (including phenoxy) is 1. The summed E-state index contributed by atoms with van der Waals surface area (Å²) in [6.45, 7) is 0.809. The summed E-state index contributed by atoms with van der Waals surface area (Å²) in [6, 6.07) is 9.12. The van der Waals surface area contributed by atoms with Crippen molar-refractivity contribution in [3.63, 3.8) is 0 Å². The molecule has 0 aliphatic heterocycles. The van der Waals surface area contributed by atoms with Gasteiger partial charge in [0.1, 0.15) is 24.1 Å². The molecular weight excluding hydrogens is 510 g/mol. The van der Waals surface area contributed by atoms with Crippen LogP contribution in [-0.4, -0.2) is 53.6 Å². The fourth-order valence-electron chi connectivity index (χ4n) is 3.43. The molecule has 37 heavy (non-hydrogen) atoms. The number of carbonyl (C=O) groups excluding carboxylic acids is 3. The summed E-state index contributed by atoms with van der Waals surface area (Å²) >= 11 is 5.99. The molecule has 0 bridgehead atoms. The Labute approximate surface area is 216 Å². The summed E-state index contributed by atoms with van der Waals surface area (Å²) in [6.07, 6.45) is 0.597. The number of anilines is 1. The highest BCUT2D eigenvalue weighted by molar-refractivity contribution is 6.31. The molecule has 1 atom stereocenters. The van der Waals surface area contributed by atoms with E-state index in [-0.39, 0.29) is 37.1 Å². The van der Waals surface area contributed by atoms with Gasteiger partial charge in [0.05, 0.1) is 17.6 Å². The van der Waals surface area contributed by atoms with Crippen LogP contribution in [0.1, 0.15) is 12.5 Å². The van der Waals surface area contributed by atoms with E-state index in [1.54, 1.807) is 12.1 Å². The van der Waals surface area contributed by atoms with Crippen molar-refractivity contribution < 1.29 is 27.9 Å². The Morgan fingerprint density at radius 3 is 2.68 bits per heavy atom. The molecule has 0 unspecified atom stereocenters.